The van der Waals surface area contributed by atoms with Gasteiger partial charge in [0.25, 0.3) is 0 Å². The van der Waals surface area contributed by atoms with Crippen molar-refractivity contribution in [3.63, 3.8) is 0 Å². The highest BCUT2D eigenvalue weighted by Crippen LogP contribution is 2.31. The van der Waals surface area contributed by atoms with Crippen LogP contribution in [0.2, 0.25) is 5.02 Å². The lowest BCUT2D eigenvalue weighted by molar-refractivity contribution is -0.147. The smallest absolute Gasteiger partial charge is 0.345 e. The quantitative estimate of drug-likeness (QED) is 0.808. The molecule has 1 heterocycles. The fourth-order valence-corrected chi connectivity index (χ4v) is 2.52. The van der Waals surface area contributed by atoms with Crippen molar-refractivity contribution in [3.05, 3.63) is 32.8 Å². The molecule has 1 aromatic carbocycles. The molecule has 2 rings (SSSR count). The third kappa shape index (κ3) is 1.92. The SMILES string of the molecule is O=C1OC(C(=O)O)Cc2c(Br)cc(Cl)cc21. The molecule has 0 fully saturated rings. The lowest BCUT2D eigenvalue weighted by Gasteiger charge is -2.22. The van der Waals surface area contributed by atoms with E-state index in [1.807, 2.05) is 0 Å². The van der Waals surface area contributed by atoms with Gasteiger partial charge in [-0.05, 0) is 17.7 Å². The predicted octanol–water partition coefficient (Wildman–Crippen LogP) is 2.27. The summed E-state index contributed by atoms with van der Waals surface area (Å²) in [5.74, 6) is -1.81. The summed E-state index contributed by atoms with van der Waals surface area (Å²) in [6.45, 7) is 0. The number of hydrogen-bond acceptors (Lipinski definition) is 3. The Hall–Kier alpha value is -1.07. The summed E-state index contributed by atoms with van der Waals surface area (Å²) in [5, 5.41) is 9.21. The minimum absolute atomic E-state index is 0.147. The van der Waals surface area contributed by atoms with Crippen LogP contribution < -0.4 is 0 Å². The van der Waals surface area contributed by atoms with Crippen molar-refractivity contribution in [2.45, 2.75) is 12.5 Å². The molecule has 84 valence electrons. The summed E-state index contributed by atoms with van der Waals surface area (Å²) in [6.07, 6.45) is -0.980. The second kappa shape index (κ2) is 4.07. The average molecular weight is 306 g/mol. The van der Waals surface area contributed by atoms with Crippen LogP contribution in [0.4, 0.5) is 0 Å². The Morgan fingerprint density at radius 3 is 2.88 bits per heavy atom. The number of carbonyl (C=O) groups is 2. The number of carbonyl (C=O) groups excluding carboxylic acids is 1. The molecule has 1 unspecified atom stereocenters. The van der Waals surface area contributed by atoms with Gasteiger partial charge in [-0.3, -0.25) is 0 Å². The van der Waals surface area contributed by atoms with Gasteiger partial charge in [0.2, 0.25) is 6.10 Å². The van der Waals surface area contributed by atoms with Crippen LogP contribution in [0.15, 0.2) is 16.6 Å². The van der Waals surface area contributed by atoms with Gasteiger partial charge in [0.1, 0.15) is 0 Å². The Labute approximate surface area is 104 Å². The normalized spacial score (nSPS) is 18.9. The van der Waals surface area contributed by atoms with Crippen LogP contribution in [-0.4, -0.2) is 23.1 Å². The molecule has 0 radical (unpaired) electrons. The van der Waals surface area contributed by atoms with Gasteiger partial charge in [-0.15, -0.1) is 0 Å². The molecule has 0 saturated heterocycles. The molecule has 0 amide bonds. The minimum Gasteiger partial charge on any atom is -0.478 e. The third-order valence-corrected chi connectivity index (χ3v) is 3.22. The number of aliphatic carboxylic acids is 1. The van der Waals surface area contributed by atoms with Crippen molar-refractivity contribution < 1.29 is 19.4 Å². The van der Waals surface area contributed by atoms with E-state index in [4.69, 9.17) is 21.4 Å². The Balaban J connectivity index is 2.50. The van der Waals surface area contributed by atoms with E-state index in [0.717, 1.165) is 0 Å². The van der Waals surface area contributed by atoms with E-state index >= 15 is 0 Å². The minimum atomic E-state index is -1.15. The fourth-order valence-electron chi connectivity index (χ4n) is 1.55. The van der Waals surface area contributed by atoms with E-state index in [0.29, 0.717) is 20.6 Å². The van der Waals surface area contributed by atoms with E-state index in [-0.39, 0.29) is 6.42 Å². The number of ether oxygens (including phenoxy) is 1. The number of cyclic esters (lactones) is 1. The van der Waals surface area contributed by atoms with Gasteiger partial charge >= 0.3 is 11.9 Å². The van der Waals surface area contributed by atoms with E-state index in [1.54, 1.807) is 6.07 Å². The number of benzene rings is 1. The van der Waals surface area contributed by atoms with Crippen LogP contribution in [-0.2, 0) is 16.0 Å². The van der Waals surface area contributed by atoms with Crippen LogP contribution >= 0.6 is 27.5 Å². The molecule has 0 saturated carbocycles. The van der Waals surface area contributed by atoms with Gasteiger partial charge in [-0.2, -0.15) is 0 Å². The summed E-state index contributed by atoms with van der Waals surface area (Å²) in [7, 11) is 0. The van der Waals surface area contributed by atoms with Crippen LogP contribution in [0.1, 0.15) is 15.9 Å². The molecule has 0 bridgehead atoms. The zero-order valence-electron chi connectivity index (χ0n) is 7.87. The Morgan fingerprint density at radius 1 is 1.56 bits per heavy atom. The molecule has 16 heavy (non-hydrogen) atoms. The Morgan fingerprint density at radius 2 is 2.25 bits per heavy atom. The number of rotatable bonds is 1. The lowest BCUT2D eigenvalue weighted by Crippen LogP contribution is -2.34. The molecule has 0 aliphatic carbocycles. The van der Waals surface area contributed by atoms with Gasteiger partial charge in [-0.25, -0.2) is 9.59 Å². The number of hydrogen-bond donors (Lipinski definition) is 1. The standard InChI is InChI=1S/C10H6BrClO4/c11-7-2-4(12)1-6-5(7)3-8(9(13)14)16-10(6)15/h1-2,8H,3H2,(H,13,14). The number of carboxylic acids is 1. The Kier molecular flexibility index (Phi) is 2.90. The zero-order chi connectivity index (χ0) is 11.9. The number of esters is 1. The molecule has 4 nitrogen and oxygen atoms in total. The molecule has 1 aliphatic rings. The van der Waals surface area contributed by atoms with E-state index in [1.165, 1.54) is 6.07 Å². The molecule has 1 N–H and O–H groups in total. The molecule has 0 aromatic heterocycles. The highest BCUT2D eigenvalue weighted by atomic mass is 79.9. The first-order chi connectivity index (χ1) is 7.49. The molecular weight excluding hydrogens is 299 g/mol. The summed E-state index contributed by atoms with van der Waals surface area (Å²) in [5.41, 5.74) is 0.935. The van der Waals surface area contributed by atoms with Gasteiger partial charge in [0, 0.05) is 15.9 Å². The number of fused-ring (bicyclic) bond motifs is 1. The molecule has 6 heteroatoms. The first-order valence-corrected chi connectivity index (χ1v) is 5.58. The predicted molar refractivity (Wildman–Crippen MR) is 59.7 cm³/mol. The van der Waals surface area contributed by atoms with Gasteiger partial charge in [0.15, 0.2) is 0 Å². The molecular formula is C10H6BrClO4. The largest absolute Gasteiger partial charge is 0.478 e. The summed E-state index contributed by atoms with van der Waals surface area (Å²) in [6, 6.07) is 3.10. The molecule has 1 aliphatic heterocycles. The van der Waals surface area contributed by atoms with Crippen LogP contribution in [0.3, 0.4) is 0 Å². The second-order valence-electron chi connectivity index (χ2n) is 3.35. The summed E-state index contributed by atoms with van der Waals surface area (Å²) < 4.78 is 5.39. The van der Waals surface area contributed by atoms with Crippen molar-refractivity contribution >= 4 is 39.5 Å². The van der Waals surface area contributed by atoms with Crippen molar-refractivity contribution in [2.75, 3.05) is 0 Å². The monoisotopic (exact) mass is 304 g/mol. The summed E-state index contributed by atoms with van der Waals surface area (Å²) >= 11 is 9.04. The van der Waals surface area contributed by atoms with Crippen molar-refractivity contribution in [1.29, 1.82) is 0 Å². The van der Waals surface area contributed by atoms with Crippen LogP contribution in [0, 0.1) is 0 Å². The fraction of sp³-hybridized carbons (Fsp3) is 0.200. The van der Waals surface area contributed by atoms with Crippen molar-refractivity contribution in [3.8, 4) is 0 Å². The third-order valence-electron chi connectivity index (χ3n) is 2.29. The molecule has 1 atom stereocenters. The molecule has 0 spiro atoms. The van der Waals surface area contributed by atoms with Gasteiger partial charge < -0.3 is 9.84 Å². The summed E-state index contributed by atoms with van der Waals surface area (Å²) in [4.78, 5) is 22.3. The van der Waals surface area contributed by atoms with Crippen molar-refractivity contribution in [1.82, 2.24) is 0 Å². The average Bonchev–Trinajstić information content (AvgIpc) is 2.19. The van der Waals surface area contributed by atoms with E-state index < -0.39 is 18.0 Å². The van der Waals surface area contributed by atoms with Gasteiger partial charge in [-0.1, -0.05) is 27.5 Å². The van der Waals surface area contributed by atoms with Crippen molar-refractivity contribution in [2.24, 2.45) is 0 Å². The van der Waals surface area contributed by atoms with Gasteiger partial charge in [0.05, 0.1) is 5.56 Å². The maximum atomic E-state index is 11.5. The van der Waals surface area contributed by atoms with Crippen LogP contribution in [0.25, 0.3) is 0 Å². The second-order valence-corrected chi connectivity index (χ2v) is 4.64. The van der Waals surface area contributed by atoms with E-state index in [2.05, 4.69) is 15.9 Å². The first-order valence-electron chi connectivity index (χ1n) is 4.40. The topological polar surface area (TPSA) is 63.6 Å². The highest BCUT2D eigenvalue weighted by molar-refractivity contribution is 9.10. The number of halogens is 2. The molecule has 1 aromatic rings. The first kappa shape index (κ1) is 11.4. The van der Waals surface area contributed by atoms with Crippen LogP contribution in [0.5, 0.6) is 0 Å². The Bertz CT molecular complexity index is 486. The lowest BCUT2D eigenvalue weighted by atomic mass is 9.99. The maximum absolute atomic E-state index is 11.5. The highest BCUT2D eigenvalue weighted by Gasteiger charge is 2.32. The van der Waals surface area contributed by atoms with E-state index in [9.17, 15) is 9.59 Å². The maximum Gasteiger partial charge on any atom is 0.345 e. The number of carboxylic acid groups (broad SMARTS) is 1. The zero-order valence-corrected chi connectivity index (χ0v) is 10.2.